The number of fused-ring (bicyclic) bond motifs is 1. The first-order valence-electron chi connectivity index (χ1n) is 6.80. The number of nitrogens with zero attached hydrogens (tertiary/aromatic N) is 1. The maximum atomic E-state index is 10.7. The van der Waals surface area contributed by atoms with E-state index >= 15 is 0 Å². The summed E-state index contributed by atoms with van der Waals surface area (Å²) in [5.41, 5.74) is 1.56. The van der Waals surface area contributed by atoms with Crippen LogP contribution >= 0.6 is 11.6 Å². The summed E-state index contributed by atoms with van der Waals surface area (Å²) in [5, 5.41) is 0.520. The summed E-state index contributed by atoms with van der Waals surface area (Å²) in [7, 11) is 0. The molecule has 0 N–H and O–H groups in total. The maximum Gasteiger partial charge on any atom is 0.235 e. The monoisotopic (exact) mass is 293 g/mol. The van der Waals surface area contributed by atoms with Gasteiger partial charge in [-0.05, 0) is 30.4 Å². The Labute approximate surface area is 122 Å². The van der Waals surface area contributed by atoms with E-state index in [0.29, 0.717) is 29.7 Å². The summed E-state index contributed by atoms with van der Waals surface area (Å²) < 4.78 is 11.4. The fourth-order valence-corrected chi connectivity index (χ4v) is 3.04. The summed E-state index contributed by atoms with van der Waals surface area (Å²) in [6.07, 6.45) is 3.38. The second-order valence-electron chi connectivity index (χ2n) is 5.56. The van der Waals surface area contributed by atoms with Gasteiger partial charge in [0.15, 0.2) is 11.5 Å². The van der Waals surface area contributed by atoms with E-state index in [1.165, 1.54) is 0 Å². The lowest BCUT2D eigenvalue weighted by Crippen LogP contribution is -2.19. The number of hydrogen-bond acceptors (Lipinski definition) is 4. The van der Waals surface area contributed by atoms with Gasteiger partial charge in [-0.3, -0.25) is 0 Å². The van der Waals surface area contributed by atoms with Crippen molar-refractivity contribution in [1.82, 2.24) is 0 Å². The molecule has 0 radical (unpaired) electrons. The van der Waals surface area contributed by atoms with Crippen LogP contribution < -0.4 is 9.47 Å². The minimum absolute atomic E-state index is 0.233. The van der Waals surface area contributed by atoms with Crippen LogP contribution in [0.3, 0.4) is 0 Å². The number of halogens is 1. The molecule has 1 fully saturated rings. The van der Waals surface area contributed by atoms with E-state index in [4.69, 9.17) is 21.1 Å². The van der Waals surface area contributed by atoms with E-state index in [1.807, 2.05) is 6.07 Å². The van der Waals surface area contributed by atoms with Crippen molar-refractivity contribution in [1.29, 1.82) is 0 Å². The highest BCUT2D eigenvalue weighted by Gasteiger charge is 2.48. The molecule has 20 heavy (non-hydrogen) atoms. The molecule has 0 bridgehead atoms. The average molecular weight is 294 g/mol. The van der Waals surface area contributed by atoms with E-state index in [-0.39, 0.29) is 5.92 Å². The van der Waals surface area contributed by atoms with Gasteiger partial charge in [0.1, 0.15) is 13.2 Å². The van der Waals surface area contributed by atoms with Crippen LogP contribution in [0.1, 0.15) is 43.7 Å². The average Bonchev–Trinajstić information content (AvgIpc) is 3.19. The Hall–Kier alpha value is -1.51. The Kier molecular flexibility index (Phi) is 3.23. The molecule has 4 nitrogen and oxygen atoms in total. The topological polar surface area (TPSA) is 47.9 Å². The quantitative estimate of drug-likeness (QED) is 0.632. The maximum absolute atomic E-state index is 10.7. The van der Waals surface area contributed by atoms with Crippen molar-refractivity contribution in [3.63, 3.8) is 0 Å². The fourth-order valence-electron chi connectivity index (χ4n) is 2.79. The molecule has 1 aliphatic carbocycles. The molecule has 0 atom stereocenters. The molecule has 1 aromatic rings. The number of carbonyl (C=O) groups excluding carboxylic acids is 1. The number of benzene rings is 1. The number of aliphatic imine (C=N–C) groups is 1. The Bertz CT molecular complexity index is 602. The number of hydrogen-bond donors (Lipinski definition) is 0. The van der Waals surface area contributed by atoms with Crippen molar-refractivity contribution in [2.45, 2.75) is 38.1 Å². The van der Waals surface area contributed by atoms with Crippen LogP contribution in [0.25, 0.3) is 0 Å². The minimum atomic E-state index is -0.458. The fraction of sp³-hybridized carbons (Fsp3) is 0.533. The van der Waals surface area contributed by atoms with Crippen LogP contribution in [-0.2, 0) is 10.3 Å². The van der Waals surface area contributed by atoms with E-state index in [2.05, 4.69) is 18.8 Å². The summed E-state index contributed by atoms with van der Waals surface area (Å²) in [4.78, 5) is 14.7. The summed E-state index contributed by atoms with van der Waals surface area (Å²) in [6, 6.07) is 1.87. The Balaban J connectivity index is 2.24. The highest BCUT2D eigenvalue weighted by molar-refractivity contribution is 6.32. The van der Waals surface area contributed by atoms with Gasteiger partial charge < -0.3 is 9.47 Å². The van der Waals surface area contributed by atoms with Gasteiger partial charge in [0.25, 0.3) is 0 Å². The zero-order chi connectivity index (χ0) is 14.3. The Morgan fingerprint density at radius 2 is 1.95 bits per heavy atom. The normalized spacial score (nSPS) is 18.6. The van der Waals surface area contributed by atoms with E-state index < -0.39 is 5.54 Å². The number of rotatable bonds is 3. The van der Waals surface area contributed by atoms with Gasteiger partial charge in [0, 0.05) is 5.56 Å². The molecule has 5 heteroatoms. The third-order valence-electron chi connectivity index (χ3n) is 3.87. The van der Waals surface area contributed by atoms with E-state index in [1.54, 1.807) is 6.08 Å². The van der Waals surface area contributed by atoms with E-state index in [9.17, 15) is 4.79 Å². The molecule has 106 valence electrons. The van der Waals surface area contributed by atoms with Crippen LogP contribution in [0.15, 0.2) is 11.1 Å². The lowest BCUT2D eigenvalue weighted by molar-refractivity contribution is 0.169. The van der Waals surface area contributed by atoms with Gasteiger partial charge in [-0.2, -0.15) is 4.99 Å². The number of isocyanates is 1. The lowest BCUT2D eigenvalue weighted by atomic mass is 9.90. The highest BCUT2D eigenvalue weighted by atomic mass is 35.5. The molecule has 1 aromatic carbocycles. The molecular weight excluding hydrogens is 278 g/mol. The lowest BCUT2D eigenvalue weighted by Gasteiger charge is -2.27. The van der Waals surface area contributed by atoms with Crippen molar-refractivity contribution in [2.75, 3.05) is 13.2 Å². The second kappa shape index (κ2) is 4.80. The Morgan fingerprint density at radius 1 is 1.30 bits per heavy atom. The van der Waals surface area contributed by atoms with Crippen LogP contribution in [0.5, 0.6) is 11.5 Å². The Morgan fingerprint density at radius 3 is 2.50 bits per heavy atom. The standard InChI is InChI=1S/C15H16ClNO3/c1-9(2)12-10(15(3-4-15)17-8-18)7-11(16)13-14(12)20-6-5-19-13/h7,9H,3-6H2,1-2H3. The summed E-state index contributed by atoms with van der Waals surface area (Å²) in [5.74, 6) is 1.55. The van der Waals surface area contributed by atoms with E-state index in [0.717, 1.165) is 24.0 Å². The summed E-state index contributed by atoms with van der Waals surface area (Å²) in [6.45, 7) is 5.19. The molecular formula is C15H16ClNO3. The van der Waals surface area contributed by atoms with Gasteiger partial charge in [0.05, 0.1) is 10.6 Å². The van der Waals surface area contributed by atoms with Crippen molar-refractivity contribution < 1.29 is 14.3 Å². The van der Waals surface area contributed by atoms with Crippen LogP contribution in [-0.4, -0.2) is 19.3 Å². The van der Waals surface area contributed by atoms with Gasteiger partial charge in [-0.1, -0.05) is 25.4 Å². The molecule has 0 spiro atoms. The van der Waals surface area contributed by atoms with Crippen molar-refractivity contribution in [3.05, 3.63) is 22.2 Å². The predicted octanol–water partition coefficient (Wildman–Crippen LogP) is 3.56. The smallest absolute Gasteiger partial charge is 0.235 e. The molecule has 0 amide bonds. The van der Waals surface area contributed by atoms with Gasteiger partial charge in [0.2, 0.25) is 6.08 Å². The third kappa shape index (κ3) is 2.00. The minimum Gasteiger partial charge on any atom is -0.486 e. The van der Waals surface area contributed by atoms with Crippen LogP contribution in [0.4, 0.5) is 0 Å². The van der Waals surface area contributed by atoms with Crippen molar-refractivity contribution >= 4 is 17.7 Å². The van der Waals surface area contributed by atoms with Gasteiger partial charge in [-0.15, -0.1) is 0 Å². The first-order valence-corrected chi connectivity index (χ1v) is 7.18. The highest BCUT2D eigenvalue weighted by Crippen LogP contribution is 2.56. The SMILES string of the molecule is CC(C)c1c(C2(N=C=O)CC2)cc(Cl)c2c1OCCO2. The zero-order valence-corrected chi connectivity index (χ0v) is 12.3. The molecule has 0 saturated heterocycles. The van der Waals surface area contributed by atoms with Crippen LogP contribution in [0.2, 0.25) is 5.02 Å². The molecule has 0 aromatic heterocycles. The number of ether oxygens (including phenoxy) is 2. The molecule has 0 unspecified atom stereocenters. The largest absolute Gasteiger partial charge is 0.486 e. The van der Waals surface area contributed by atoms with Crippen molar-refractivity contribution in [2.24, 2.45) is 4.99 Å². The molecule has 1 aliphatic heterocycles. The first-order chi connectivity index (χ1) is 9.59. The molecule has 2 aliphatic rings. The first kappa shape index (κ1) is 13.5. The van der Waals surface area contributed by atoms with Gasteiger partial charge >= 0.3 is 0 Å². The molecule has 1 heterocycles. The predicted molar refractivity (Wildman–Crippen MR) is 75.6 cm³/mol. The second-order valence-corrected chi connectivity index (χ2v) is 5.97. The van der Waals surface area contributed by atoms with Crippen molar-refractivity contribution in [3.8, 4) is 11.5 Å². The summed E-state index contributed by atoms with van der Waals surface area (Å²) >= 11 is 6.31. The van der Waals surface area contributed by atoms with Crippen LogP contribution in [0, 0.1) is 0 Å². The van der Waals surface area contributed by atoms with Gasteiger partial charge in [-0.25, -0.2) is 4.79 Å². The zero-order valence-electron chi connectivity index (χ0n) is 11.5. The molecule has 3 rings (SSSR count). The third-order valence-corrected chi connectivity index (χ3v) is 4.15. The molecule has 1 saturated carbocycles.